The Bertz CT molecular complexity index is 523. The minimum Gasteiger partial charge on any atom is -0.353 e. The number of benzene rings is 1. The molecule has 0 aliphatic rings. The molecule has 1 aromatic rings. The van der Waals surface area contributed by atoms with E-state index < -0.39 is 0 Å². The Morgan fingerprint density at radius 1 is 1.27 bits per heavy atom. The Morgan fingerprint density at radius 2 is 1.95 bits per heavy atom. The van der Waals surface area contributed by atoms with E-state index in [2.05, 4.69) is 41.3 Å². The van der Waals surface area contributed by atoms with Gasteiger partial charge in [-0.25, -0.2) is 4.99 Å². The Morgan fingerprint density at radius 3 is 2.55 bits per heavy atom. The maximum atomic E-state index is 11.7. The van der Waals surface area contributed by atoms with Crippen LogP contribution in [0.15, 0.2) is 41.9 Å². The van der Waals surface area contributed by atoms with Crippen molar-refractivity contribution < 1.29 is 4.79 Å². The quantitative estimate of drug-likeness (QED) is 0.456. The standard InChI is InChI=1S/C17H26N4O/c1-5-11-18-17(20-13-16(22)21(3)4)19-12-15-10-8-7-9-14(15)6-2/h5,7-10H,1,6,11-13H2,2-4H3,(H2,18,19,20). The molecule has 5 nitrogen and oxygen atoms in total. The van der Waals surface area contributed by atoms with Crippen molar-refractivity contribution in [3.05, 3.63) is 48.0 Å². The lowest BCUT2D eigenvalue weighted by Gasteiger charge is -2.14. The molecule has 1 rings (SSSR count). The van der Waals surface area contributed by atoms with Crippen LogP contribution in [0.2, 0.25) is 0 Å². The molecule has 0 bridgehead atoms. The van der Waals surface area contributed by atoms with Crippen molar-refractivity contribution in [1.29, 1.82) is 0 Å². The van der Waals surface area contributed by atoms with Crippen LogP contribution in [0, 0.1) is 0 Å². The number of carbonyl (C=O) groups is 1. The number of nitrogens with one attached hydrogen (secondary N) is 2. The molecule has 0 fully saturated rings. The van der Waals surface area contributed by atoms with E-state index in [-0.39, 0.29) is 12.5 Å². The van der Waals surface area contributed by atoms with Crippen LogP contribution in [0.1, 0.15) is 18.1 Å². The van der Waals surface area contributed by atoms with Crippen molar-refractivity contribution in [2.24, 2.45) is 4.99 Å². The number of guanidine groups is 1. The van der Waals surface area contributed by atoms with Crippen LogP contribution in [-0.4, -0.2) is 44.0 Å². The summed E-state index contributed by atoms with van der Waals surface area (Å²) >= 11 is 0. The second-order valence-corrected chi connectivity index (χ2v) is 5.10. The molecule has 0 aliphatic heterocycles. The van der Waals surface area contributed by atoms with Crippen molar-refractivity contribution in [3.63, 3.8) is 0 Å². The fourth-order valence-corrected chi connectivity index (χ4v) is 1.88. The zero-order valence-electron chi connectivity index (χ0n) is 13.7. The largest absolute Gasteiger partial charge is 0.353 e. The third-order valence-corrected chi connectivity index (χ3v) is 3.23. The van der Waals surface area contributed by atoms with Gasteiger partial charge in [0.1, 0.15) is 0 Å². The number of hydrogen-bond donors (Lipinski definition) is 2. The second-order valence-electron chi connectivity index (χ2n) is 5.10. The number of likely N-dealkylation sites (N-methyl/N-ethyl adjacent to an activating group) is 1. The molecule has 0 saturated carbocycles. The summed E-state index contributed by atoms with van der Waals surface area (Å²) in [7, 11) is 3.46. The zero-order chi connectivity index (χ0) is 16.4. The van der Waals surface area contributed by atoms with E-state index in [0.717, 1.165) is 6.42 Å². The molecule has 5 heteroatoms. The average Bonchev–Trinajstić information content (AvgIpc) is 2.53. The molecule has 0 atom stereocenters. The Hall–Kier alpha value is -2.30. The minimum atomic E-state index is 0.00191. The van der Waals surface area contributed by atoms with Gasteiger partial charge >= 0.3 is 0 Å². The van der Waals surface area contributed by atoms with E-state index >= 15 is 0 Å². The normalized spacial score (nSPS) is 11.0. The molecule has 1 amide bonds. The lowest BCUT2D eigenvalue weighted by Crippen LogP contribution is -2.43. The number of rotatable bonds is 7. The molecule has 0 heterocycles. The summed E-state index contributed by atoms with van der Waals surface area (Å²) in [6.45, 7) is 7.20. The van der Waals surface area contributed by atoms with Crippen LogP contribution in [0.25, 0.3) is 0 Å². The Balaban J connectivity index is 2.73. The maximum Gasteiger partial charge on any atom is 0.241 e. The molecule has 0 aromatic heterocycles. The molecule has 0 radical (unpaired) electrons. The van der Waals surface area contributed by atoms with Gasteiger partial charge in [-0.05, 0) is 17.5 Å². The highest BCUT2D eigenvalue weighted by Crippen LogP contribution is 2.10. The van der Waals surface area contributed by atoms with E-state index in [1.54, 1.807) is 25.1 Å². The van der Waals surface area contributed by atoms with Gasteiger partial charge in [0.2, 0.25) is 5.91 Å². The zero-order valence-corrected chi connectivity index (χ0v) is 13.7. The van der Waals surface area contributed by atoms with E-state index in [4.69, 9.17) is 0 Å². The Kier molecular flexibility index (Phi) is 7.75. The predicted octanol–water partition coefficient (Wildman–Crippen LogP) is 1.56. The number of nitrogens with zero attached hydrogens (tertiary/aromatic N) is 2. The average molecular weight is 302 g/mol. The summed E-state index contributed by atoms with van der Waals surface area (Å²) < 4.78 is 0. The molecular formula is C17H26N4O. The number of aliphatic imine (C=N–C) groups is 1. The van der Waals surface area contributed by atoms with E-state index in [1.807, 2.05) is 12.1 Å². The molecule has 2 N–H and O–H groups in total. The van der Waals surface area contributed by atoms with Gasteiger partial charge in [0.25, 0.3) is 0 Å². The first-order valence-corrected chi connectivity index (χ1v) is 7.48. The fourth-order valence-electron chi connectivity index (χ4n) is 1.88. The van der Waals surface area contributed by atoms with Gasteiger partial charge in [-0.1, -0.05) is 37.3 Å². The van der Waals surface area contributed by atoms with Crippen molar-refractivity contribution in [3.8, 4) is 0 Å². The summed E-state index contributed by atoms with van der Waals surface area (Å²) in [5.74, 6) is 0.614. The van der Waals surface area contributed by atoms with Gasteiger partial charge in [0, 0.05) is 20.6 Å². The minimum absolute atomic E-state index is 0.00191. The van der Waals surface area contributed by atoms with E-state index in [0.29, 0.717) is 19.0 Å². The molecule has 22 heavy (non-hydrogen) atoms. The fraction of sp³-hybridized carbons (Fsp3) is 0.412. The third kappa shape index (κ3) is 5.99. The first-order valence-electron chi connectivity index (χ1n) is 7.48. The lowest BCUT2D eigenvalue weighted by molar-refractivity contribution is -0.127. The van der Waals surface area contributed by atoms with Gasteiger partial charge < -0.3 is 15.5 Å². The molecule has 0 saturated heterocycles. The molecule has 0 spiro atoms. The first-order chi connectivity index (χ1) is 10.6. The van der Waals surface area contributed by atoms with Crippen molar-refractivity contribution in [1.82, 2.24) is 15.5 Å². The summed E-state index contributed by atoms with van der Waals surface area (Å²) in [5.41, 5.74) is 2.49. The van der Waals surface area contributed by atoms with Crippen LogP contribution in [0.3, 0.4) is 0 Å². The molecule has 1 aromatic carbocycles. The SMILES string of the molecule is C=CCNC(=NCc1ccccc1CC)NCC(=O)N(C)C. The van der Waals surface area contributed by atoms with Crippen LogP contribution in [0.4, 0.5) is 0 Å². The summed E-state index contributed by atoms with van der Waals surface area (Å²) in [4.78, 5) is 17.7. The maximum absolute atomic E-state index is 11.7. The monoisotopic (exact) mass is 302 g/mol. The number of amides is 1. The van der Waals surface area contributed by atoms with Gasteiger partial charge in [0.05, 0.1) is 13.1 Å². The molecule has 0 unspecified atom stereocenters. The summed E-state index contributed by atoms with van der Waals surface area (Å²) in [6.07, 6.45) is 2.73. The lowest BCUT2D eigenvalue weighted by atomic mass is 10.1. The number of aryl methyl sites for hydroxylation is 1. The molecular weight excluding hydrogens is 276 g/mol. The van der Waals surface area contributed by atoms with Gasteiger partial charge in [-0.15, -0.1) is 6.58 Å². The van der Waals surface area contributed by atoms with Crippen LogP contribution >= 0.6 is 0 Å². The Labute approximate surface area is 133 Å². The van der Waals surface area contributed by atoms with Crippen molar-refractivity contribution in [2.75, 3.05) is 27.2 Å². The number of hydrogen-bond acceptors (Lipinski definition) is 2. The number of carbonyl (C=O) groups excluding carboxylic acids is 1. The van der Waals surface area contributed by atoms with Gasteiger partial charge in [-0.3, -0.25) is 4.79 Å². The topological polar surface area (TPSA) is 56.7 Å². The van der Waals surface area contributed by atoms with Crippen molar-refractivity contribution in [2.45, 2.75) is 19.9 Å². The van der Waals surface area contributed by atoms with E-state index in [9.17, 15) is 4.79 Å². The van der Waals surface area contributed by atoms with Crippen molar-refractivity contribution >= 4 is 11.9 Å². The van der Waals surface area contributed by atoms with E-state index in [1.165, 1.54) is 11.1 Å². The van der Waals surface area contributed by atoms with Crippen LogP contribution in [-0.2, 0) is 17.8 Å². The molecule has 0 aliphatic carbocycles. The molecule has 120 valence electrons. The summed E-state index contributed by atoms with van der Waals surface area (Å²) in [6, 6.07) is 8.25. The highest BCUT2D eigenvalue weighted by molar-refractivity contribution is 5.86. The van der Waals surface area contributed by atoms with Gasteiger partial charge in [0.15, 0.2) is 5.96 Å². The van der Waals surface area contributed by atoms with Gasteiger partial charge in [-0.2, -0.15) is 0 Å². The van der Waals surface area contributed by atoms with Crippen LogP contribution < -0.4 is 10.6 Å². The smallest absolute Gasteiger partial charge is 0.241 e. The third-order valence-electron chi connectivity index (χ3n) is 3.23. The predicted molar refractivity (Wildman–Crippen MR) is 91.9 cm³/mol. The highest BCUT2D eigenvalue weighted by atomic mass is 16.2. The second kappa shape index (κ2) is 9.60. The summed E-state index contributed by atoms with van der Waals surface area (Å²) in [5, 5.41) is 6.16. The highest BCUT2D eigenvalue weighted by Gasteiger charge is 2.06. The first kappa shape index (κ1) is 17.8. The van der Waals surface area contributed by atoms with Crippen LogP contribution in [0.5, 0.6) is 0 Å².